The van der Waals surface area contributed by atoms with Crippen molar-refractivity contribution in [2.75, 3.05) is 37.7 Å². The van der Waals surface area contributed by atoms with Gasteiger partial charge in [0.2, 0.25) is 0 Å². The number of carbonyl (C=O) groups excluding carboxylic acids is 1. The van der Waals surface area contributed by atoms with Gasteiger partial charge in [0.15, 0.2) is 6.61 Å². The summed E-state index contributed by atoms with van der Waals surface area (Å²) in [5, 5.41) is 12.4. The van der Waals surface area contributed by atoms with Gasteiger partial charge in [-0.3, -0.25) is 14.9 Å². The molecular formula is C18H16Cl3N3O4. The zero-order valence-corrected chi connectivity index (χ0v) is 16.9. The number of amides is 1. The van der Waals surface area contributed by atoms with Gasteiger partial charge in [-0.1, -0.05) is 40.9 Å². The fourth-order valence-electron chi connectivity index (χ4n) is 2.97. The third kappa shape index (κ3) is 4.60. The van der Waals surface area contributed by atoms with E-state index in [0.29, 0.717) is 52.7 Å². The van der Waals surface area contributed by atoms with Crippen LogP contribution in [-0.4, -0.2) is 48.5 Å². The number of halogens is 3. The number of carbonyl (C=O) groups is 1. The highest BCUT2D eigenvalue weighted by Crippen LogP contribution is 2.36. The minimum absolute atomic E-state index is 0.0482. The molecule has 1 aliphatic rings. The van der Waals surface area contributed by atoms with Gasteiger partial charge < -0.3 is 14.5 Å². The summed E-state index contributed by atoms with van der Waals surface area (Å²) in [6, 6.07) is 9.35. The number of nitro benzene ring substituents is 1. The van der Waals surface area contributed by atoms with E-state index in [1.165, 1.54) is 12.1 Å². The summed E-state index contributed by atoms with van der Waals surface area (Å²) in [6.07, 6.45) is 0. The van der Waals surface area contributed by atoms with E-state index < -0.39 is 4.92 Å². The van der Waals surface area contributed by atoms with Crippen LogP contribution in [0.2, 0.25) is 15.1 Å². The van der Waals surface area contributed by atoms with Gasteiger partial charge in [-0.2, -0.15) is 0 Å². The first kappa shape index (κ1) is 20.5. The first-order chi connectivity index (χ1) is 13.4. The Balaban J connectivity index is 1.60. The molecule has 1 heterocycles. The lowest BCUT2D eigenvalue weighted by Crippen LogP contribution is -2.50. The largest absolute Gasteiger partial charge is 0.482 e. The molecule has 1 aliphatic heterocycles. The number of ether oxygens (including phenoxy) is 1. The van der Waals surface area contributed by atoms with Gasteiger partial charge in [-0.05, 0) is 24.3 Å². The number of hydrogen-bond donors (Lipinski definition) is 0. The highest BCUT2D eigenvalue weighted by Gasteiger charge is 2.27. The summed E-state index contributed by atoms with van der Waals surface area (Å²) < 4.78 is 5.48. The quantitative estimate of drug-likeness (QED) is 0.508. The van der Waals surface area contributed by atoms with Crippen molar-refractivity contribution in [1.29, 1.82) is 0 Å². The molecule has 0 atom stereocenters. The number of piperazine rings is 1. The fourth-order valence-corrected chi connectivity index (χ4v) is 3.72. The van der Waals surface area contributed by atoms with Crippen LogP contribution in [0.5, 0.6) is 5.75 Å². The summed E-state index contributed by atoms with van der Waals surface area (Å²) in [5.74, 6) is 0.184. The smallest absolute Gasteiger partial charge is 0.294 e. The second-order valence-corrected chi connectivity index (χ2v) is 7.35. The highest BCUT2D eigenvalue weighted by molar-refractivity contribution is 6.35. The maximum atomic E-state index is 12.4. The van der Waals surface area contributed by atoms with Crippen LogP contribution in [0.3, 0.4) is 0 Å². The fraction of sp³-hybridized carbons (Fsp3) is 0.278. The van der Waals surface area contributed by atoms with E-state index in [-0.39, 0.29) is 18.2 Å². The molecule has 3 rings (SSSR count). The standard InChI is InChI=1S/C18H16Cl3N3O4/c19-12-4-5-16(14(21)10-12)28-11-17(25)22-6-8-23(9-7-22)18-13(20)2-1-3-15(18)24(26)27/h1-5,10H,6-9,11H2. The molecule has 28 heavy (non-hydrogen) atoms. The number of para-hydroxylation sites is 1. The van der Waals surface area contributed by atoms with Gasteiger partial charge in [0.1, 0.15) is 11.4 Å². The minimum Gasteiger partial charge on any atom is -0.482 e. The second-order valence-electron chi connectivity index (χ2n) is 6.10. The maximum absolute atomic E-state index is 12.4. The van der Waals surface area contributed by atoms with Gasteiger partial charge in [0, 0.05) is 37.3 Å². The number of anilines is 1. The molecule has 0 saturated carbocycles. The van der Waals surface area contributed by atoms with Crippen LogP contribution in [-0.2, 0) is 4.79 Å². The van der Waals surface area contributed by atoms with E-state index in [1.807, 2.05) is 4.90 Å². The Bertz CT molecular complexity index is 902. The van der Waals surface area contributed by atoms with Crippen molar-refractivity contribution in [3.63, 3.8) is 0 Å². The summed E-state index contributed by atoms with van der Waals surface area (Å²) in [6.45, 7) is 1.50. The van der Waals surface area contributed by atoms with E-state index in [0.717, 1.165) is 0 Å². The van der Waals surface area contributed by atoms with Crippen molar-refractivity contribution in [2.45, 2.75) is 0 Å². The molecule has 0 bridgehead atoms. The van der Waals surface area contributed by atoms with Crippen LogP contribution in [0.25, 0.3) is 0 Å². The predicted octanol–water partition coefficient (Wildman–Crippen LogP) is 4.28. The maximum Gasteiger partial charge on any atom is 0.294 e. The average Bonchev–Trinajstić information content (AvgIpc) is 2.67. The predicted molar refractivity (Wildman–Crippen MR) is 109 cm³/mol. The van der Waals surface area contributed by atoms with E-state index in [9.17, 15) is 14.9 Å². The first-order valence-corrected chi connectivity index (χ1v) is 9.53. The molecule has 148 valence electrons. The Morgan fingerprint density at radius 1 is 1.07 bits per heavy atom. The Kier molecular flexibility index (Phi) is 6.49. The monoisotopic (exact) mass is 443 g/mol. The molecule has 0 radical (unpaired) electrons. The number of nitro groups is 1. The van der Waals surface area contributed by atoms with Crippen molar-refractivity contribution in [2.24, 2.45) is 0 Å². The van der Waals surface area contributed by atoms with Crippen molar-refractivity contribution in [3.05, 3.63) is 61.6 Å². The van der Waals surface area contributed by atoms with Crippen molar-refractivity contribution in [1.82, 2.24) is 4.90 Å². The zero-order chi connectivity index (χ0) is 20.3. The second kappa shape index (κ2) is 8.86. The Morgan fingerprint density at radius 3 is 2.43 bits per heavy atom. The molecule has 10 heteroatoms. The number of hydrogen-bond acceptors (Lipinski definition) is 5. The lowest BCUT2D eigenvalue weighted by Gasteiger charge is -2.36. The van der Waals surface area contributed by atoms with Gasteiger partial charge in [-0.15, -0.1) is 0 Å². The molecule has 1 saturated heterocycles. The topological polar surface area (TPSA) is 75.9 Å². The molecule has 0 aromatic heterocycles. The average molecular weight is 445 g/mol. The van der Waals surface area contributed by atoms with E-state index in [1.54, 1.807) is 29.2 Å². The third-order valence-corrected chi connectivity index (χ3v) is 5.19. The molecule has 2 aromatic rings. The van der Waals surface area contributed by atoms with E-state index >= 15 is 0 Å². The molecule has 1 fully saturated rings. The summed E-state index contributed by atoms with van der Waals surface area (Å²) in [7, 11) is 0. The van der Waals surface area contributed by atoms with Crippen molar-refractivity contribution >= 4 is 52.1 Å². The van der Waals surface area contributed by atoms with Crippen molar-refractivity contribution < 1.29 is 14.5 Å². The molecular weight excluding hydrogens is 429 g/mol. The highest BCUT2D eigenvalue weighted by atomic mass is 35.5. The summed E-state index contributed by atoms with van der Waals surface area (Å²) in [4.78, 5) is 26.7. The minimum atomic E-state index is -0.456. The number of benzene rings is 2. The molecule has 7 nitrogen and oxygen atoms in total. The van der Waals surface area contributed by atoms with Crippen LogP contribution in [0, 0.1) is 10.1 Å². The third-order valence-electron chi connectivity index (χ3n) is 4.36. The molecule has 0 aliphatic carbocycles. The Morgan fingerprint density at radius 2 is 1.79 bits per heavy atom. The van der Waals surface area contributed by atoms with Gasteiger partial charge in [-0.25, -0.2) is 0 Å². The lowest BCUT2D eigenvalue weighted by atomic mass is 10.2. The van der Waals surface area contributed by atoms with Gasteiger partial charge in [0.25, 0.3) is 11.6 Å². The van der Waals surface area contributed by atoms with Crippen molar-refractivity contribution in [3.8, 4) is 5.75 Å². The van der Waals surface area contributed by atoms with Gasteiger partial charge >= 0.3 is 0 Å². The molecule has 1 amide bonds. The van der Waals surface area contributed by atoms with Crippen LogP contribution in [0.1, 0.15) is 0 Å². The van der Waals surface area contributed by atoms with Crippen LogP contribution < -0.4 is 9.64 Å². The molecule has 2 aromatic carbocycles. The van der Waals surface area contributed by atoms with E-state index in [4.69, 9.17) is 39.5 Å². The SMILES string of the molecule is O=C(COc1ccc(Cl)cc1Cl)N1CCN(c2c(Cl)cccc2[N+](=O)[O-])CC1. The van der Waals surface area contributed by atoms with E-state index in [2.05, 4.69) is 0 Å². The lowest BCUT2D eigenvalue weighted by molar-refractivity contribution is -0.384. The Hall–Kier alpha value is -2.22. The summed E-state index contributed by atoms with van der Waals surface area (Å²) in [5.41, 5.74) is 0.332. The molecule has 0 N–H and O–H groups in total. The normalized spacial score (nSPS) is 14.1. The van der Waals surface area contributed by atoms with Crippen LogP contribution in [0.4, 0.5) is 11.4 Å². The number of nitrogens with zero attached hydrogens (tertiary/aromatic N) is 3. The number of rotatable bonds is 5. The Labute approximate surface area is 176 Å². The zero-order valence-electron chi connectivity index (χ0n) is 14.6. The molecule has 0 spiro atoms. The van der Waals surface area contributed by atoms with Gasteiger partial charge in [0.05, 0.1) is 15.0 Å². The first-order valence-electron chi connectivity index (χ1n) is 8.40. The summed E-state index contributed by atoms with van der Waals surface area (Å²) >= 11 is 18.0. The van der Waals surface area contributed by atoms with Crippen LogP contribution in [0.15, 0.2) is 36.4 Å². The van der Waals surface area contributed by atoms with Crippen LogP contribution >= 0.6 is 34.8 Å². The molecule has 0 unspecified atom stereocenters.